The highest BCUT2D eigenvalue weighted by Gasteiger charge is 2.34. The lowest BCUT2D eigenvalue weighted by atomic mass is 10.1. The van der Waals surface area contributed by atoms with Crippen molar-refractivity contribution in [2.75, 3.05) is 26.2 Å². The maximum Gasteiger partial charge on any atom is 0.342 e. The van der Waals surface area contributed by atoms with Crippen molar-refractivity contribution < 1.29 is 19.1 Å². The Balaban J connectivity index is 2.28. The van der Waals surface area contributed by atoms with Gasteiger partial charge in [-0.05, 0) is 27.7 Å². The van der Waals surface area contributed by atoms with Crippen molar-refractivity contribution in [1.29, 1.82) is 0 Å². The number of nitrogens with zero attached hydrogens (tertiary/aromatic N) is 4. The molecule has 0 saturated carbocycles. The molecule has 2 heterocycles. The lowest BCUT2D eigenvalue weighted by Crippen LogP contribution is -2.56. The van der Waals surface area contributed by atoms with E-state index in [1.54, 1.807) is 32.6 Å². The number of esters is 1. The minimum absolute atomic E-state index is 0.0120. The number of alkyl halides is 2. The number of carbonyl (C=O) groups excluding carboxylic acids is 3. The molecule has 1 aromatic heterocycles. The third-order valence-corrected chi connectivity index (χ3v) is 4.64. The van der Waals surface area contributed by atoms with Crippen LogP contribution in [-0.4, -0.2) is 74.7 Å². The fraction of sp³-hybridized carbons (Fsp3) is 0.588. The molecule has 1 aliphatic rings. The molecule has 148 valence electrons. The number of rotatable bonds is 4. The van der Waals surface area contributed by atoms with Gasteiger partial charge in [0.05, 0.1) is 12.3 Å². The van der Waals surface area contributed by atoms with E-state index in [9.17, 15) is 14.4 Å². The second-order valence-corrected chi connectivity index (χ2v) is 7.33. The van der Waals surface area contributed by atoms with E-state index >= 15 is 0 Å². The van der Waals surface area contributed by atoms with Gasteiger partial charge in [0.15, 0.2) is 4.84 Å². The van der Waals surface area contributed by atoms with E-state index in [4.69, 9.17) is 27.9 Å². The van der Waals surface area contributed by atoms with Gasteiger partial charge in [0.2, 0.25) is 0 Å². The lowest BCUT2D eigenvalue weighted by molar-refractivity contribution is -0.133. The first-order valence-corrected chi connectivity index (χ1v) is 9.44. The maximum absolute atomic E-state index is 13.1. The first kappa shape index (κ1) is 21.4. The summed E-state index contributed by atoms with van der Waals surface area (Å²) in [5, 5.41) is 0. The minimum Gasteiger partial charge on any atom is -0.462 e. The van der Waals surface area contributed by atoms with E-state index in [-0.39, 0.29) is 42.9 Å². The number of aromatic nitrogens is 2. The molecule has 1 aromatic rings. The molecule has 1 fully saturated rings. The molecular formula is C17H22Cl2N4O4. The Morgan fingerprint density at radius 1 is 1.22 bits per heavy atom. The van der Waals surface area contributed by atoms with Gasteiger partial charge in [0.1, 0.15) is 17.1 Å². The predicted octanol–water partition coefficient (Wildman–Crippen LogP) is 1.75. The first-order valence-electron chi connectivity index (χ1n) is 8.57. The van der Waals surface area contributed by atoms with Gasteiger partial charge in [-0.2, -0.15) is 0 Å². The highest BCUT2D eigenvalue weighted by molar-refractivity contribution is 6.53. The quantitative estimate of drug-likeness (QED) is 0.548. The third kappa shape index (κ3) is 4.68. The van der Waals surface area contributed by atoms with Gasteiger partial charge in [0.25, 0.3) is 11.8 Å². The molecule has 0 aliphatic carbocycles. The van der Waals surface area contributed by atoms with Crippen LogP contribution in [0.1, 0.15) is 46.2 Å². The monoisotopic (exact) mass is 416 g/mol. The Labute approximate surface area is 167 Å². The van der Waals surface area contributed by atoms with Crippen molar-refractivity contribution in [3.63, 3.8) is 0 Å². The zero-order valence-corrected chi connectivity index (χ0v) is 17.2. The van der Waals surface area contributed by atoms with Crippen LogP contribution in [0.2, 0.25) is 0 Å². The largest absolute Gasteiger partial charge is 0.462 e. The number of hydrogen-bond acceptors (Lipinski definition) is 6. The molecule has 1 aliphatic heterocycles. The fourth-order valence-electron chi connectivity index (χ4n) is 3.06. The summed E-state index contributed by atoms with van der Waals surface area (Å²) in [5.74, 6) is -1.04. The molecule has 27 heavy (non-hydrogen) atoms. The number of aryl methyl sites for hydroxylation is 2. The number of piperazine rings is 1. The Bertz CT molecular complexity index is 757. The summed E-state index contributed by atoms with van der Waals surface area (Å²) >= 11 is 11.3. The summed E-state index contributed by atoms with van der Waals surface area (Å²) in [5.41, 5.74) is 0.469. The van der Waals surface area contributed by atoms with Crippen molar-refractivity contribution in [2.24, 2.45) is 0 Å². The van der Waals surface area contributed by atoms with Crippen LogP contribution in [0.15, 0.2) is 0 Å². The fourth-order valence-corrected chi connectivity index (χ4v) is 3.31. The number of hydrogen-bond donors (Lipinski definition) is 0. The summed E-state index contributed by atoms with van der Waals surface area (Å²) in [6.07, 6.45) is 0. The SMILES string of the molecule is CCOC(=O)c1c(C)nc(C)nc1C(=O)N1CCN(C(=O)C(Cl)Cl)C(C)C1. The van der Waals surface area contributed by atoms with Crippen molar-refractivity contribution in [3.8, 4) is 0 Å². The zero-order valence-electron chi connectivity index (χ0n) is 15.7. The summed E-state index contributed by atoms with van der Waals surface area (Å²) in [6, 6.07) is -0.273. The van der Waals surface area contributed by atoms with Gasteiger partial charge in [-0.3, -0.25) is 9.59 Å². The second-order valence-electron chi connectivity index (χ2n) is 6.23. The number of halogens is 2. The summed E-state index contributed by atoms with van der Waals surface area (Å²) in [4.78, 5) is 47.7. The maximum atomic E-state index is 13.1. The zero-order chi connectivity index (χ0) is 20.3. The highest BCUT2D eigenvalue weighted by atomic mass is 35.5. The van der Waals surface area contributed by atoms with Crippen LogP contribution < -0.4 is 0 Å². The summed E-state index contributed by atoms with van der Waals surface area (Å²) < 4.78 is 5.05. The second kappa shape index (κ2) is 8.84. The number of amides is 2. The van der Waals surface area contributed by atoms with E-state index in [1.165, 1.54) is 4.90 Å². The van der Waals surface area contributed by atoms with Crippen LogP contribution in [0.25, 0.3) is 0 Å². The van der Waals surface area contributed by atoms with E-state index in [2.05, 4.69) is 9.97 Å². The Kier molecular flexibility index (Phi) is 7.00. The molecule has 2 amide bonds. The molecule has 0 radical (unpaired) electrons. The normalized spacial score (nSPS) is 17.2. The van der Waals surface area contributed by atoms with E-state index in [1.807, 2.05) is 0 Å². The van der Waals surface area contributed by atoms with Crippen LogP contribution >= 0.6 is 23.2 Å². The van der Waals surface area contributed by atoms with Gasteiger partial charge in [-0.15, -0.1) is 0 Å². The molecule has 8 nitrogen and oxygen atoms in total. The molecular weight excluding hydrogens is 395 g/mol. The van der Waals surface area contributed by atoms with Gasteiger partial charge in [-0.1, -0.05) is 23.2 Å². The molecule has 1 atom stereocenters. The van der Waals surface area contributed by atoms with Crippen molar-refractivity contribution >= 4 is 41.0 Å². The molecule has 1 unspecified atom stereocenters. The average molecular weight is 417 g/mol. The van der Waals surface area contributed by atoms with Crippen molar-refractivity contribution in [2.45, 2.75) is 38.6 Å². The average Bonchev–Trinajstić information content (AvgIpc) is 2.59. The van der Waals surface area contributed by atoms with Crippen LogP contribution in [0.4, 0.5) is 0 Å². The topological polar surface area (TPSA) is 92.7 Å². The van der Waals surface area contributed by atoms with Gasteiger partial charge >= 0.3 is 5.97 Å². The van der Waals surface area contributed by atoms with Crippen molar-refractivity contribution in [3.05, 3.63) is 22.8 Å². The van der Waals surface area contributed by atoms with E-state index in [0.29, 0.717) is 18.1 Å². The van der Waals surface area contributed by atoms with Gasteiger partial charge in [0, 0.05) is 25.7 Å². The first-order chi connectivity index (χ1) is 12.7. The molecule has 10 heteroatoms. The Hall–Kier alpha value is -1.93. The smallest absolute Gasteiger partial charge is 0.342 e. The third-order valence-electron chi connectivity index (χ3n) is 4.27. The molecule has 0 spiro atoms. The van der Waals surface area contributed by atoms with Crippen molar-refractivity contribution in [1.82, 2.24) is 19.8 Å². The minimum atomic E-state index is -1.14. The number of carbonyl (C=O) groups is 3. The number of ether oxygens (including phenoxy) is 1. The van der Waals surface area contributed by atoms with Crippen LogP contribution in [0.5, 0.6) is 0 Å². The van der Waals surface area contributed by atoms with E-state index < -0.39 is 16.7 Å². The molecule has 1 saturated heterocycles. The predicted molar refractivity (Wildman–Crippen MR) is 100 cm³/mol. The molecule has 0 aromatic carbocycles. The van der Waals surface area contributed by atoms with Gasteiger partial charge in [-0.25, -0.2) is 14.8 Å². The summed E-state index contributed by atoms with van der Waals surface area (Å²) in [6.45, 7) is 7.79. The summed E-state index contributed by atoms with van der Waals surface area (Å²) in [7, 11) is 0. The highest BCUT2D eigenvalue weighted by Crippen LogP contribution is 2.19. The molecule has 0 bridgehead atoms. The van der Waals surface area contributed by atoms with E-state index in [0.717, 1.165) is 0 Å². The Morgan fingerprint density at radius 2 is 1.89 bits per heavy atom. The Morgan fingerprint density at radius 3 is 2.44 bits per heavy atom. The van der Waals surface area contributed by atoms with Gasteiger partial charge < -0.3 is 14.5 Å². The standard InChI is InChI=1S/C17H22Cl2N4O4/c1-5-27-17(26)12-10(3)20-11(4)21-13(12)15(24)22-6-7-23(9(2)8-22)16(25)14(18)19/h9,14H,5-8H2,1-4H3. The lowest BCUT2D eigenvalue weighted by Gasteiger charge is -2.40. The van der Waals surface area contributed by atoms with Crippen LogP contribution in [-0.2, 0) is 9.53 Å². The van der Waals surface area contributed by atoms with Crippen LogP contribution in [0.3, 0.4) is 0 Å². The molecule has 2 rings (SSSR count). The van der Waals surface area contributed by atoms with Crippen LogP contribution in [0, 0.1) is 13.8 Å². The molecule has 0 N–H and O–H groups in total.